The predicted octanol–water partition coefficient (Wildman–Crippen LogP) is 5.93. The summed E-state index contributed by atoms with van der Waals surface area (Å²) in [5.41, 5.74) is 2.52. The van der Waals surface area contributed by atoms with Gasteiger partial charge in [-0.2, -0.15) is 0 Å². The maximum Gasteiger partial charge on any atom is 0.323 e. The van der Waals surface area contributed by atoms with Crippen molar-refractivity contribution in [2.24, 2.45) is 0 Å². The van der Waals surface area contributed by atoms with Crippen LogP contribution in [0.2, 0.25) is 10.0 Å². The minimum atomic E-state index is -0.354. The number of nitrogens with one attached hydrogen (secondary N) is 2. The van der Waals surface area contributed by atoms with Crippen LogP contribution in [0.15, 0.2) is 42.5 Å². The van der Waals surface area contributed by atoms with Crippen LogP contribution >= 0.6 is 23.2 Å². The number of hydrogen-bond acceptors (Lipinski definition) is 1. The molecular formula is C17H18Cl2N2O. The molecule has 0 bridgehead atoms. The molecule has 0 aliphatic carbocycles. The Morgan fingerprint density at radius 3 is 2.14 bits per heavy atom. The van der Waals surface area contributed by atoms with E-state index < -0.39 is 0 Å². The van der Waals surface area contributed by atoms with Gasteiger partial charge in [0.2, 0.25) is 0 Å². The summed E-state index contributed by atoms with van der Waals surface area (Å²) in [5.74, 6) is 0. The van der Waals surface area contributed by atoms with E-state index in [2.05, 4.69) is 31.4 Å². The van der Waals surface area contributed by atoms with Crippen LogP contribution in [0.5, 0.6) is 0 Å². The highest BCUT2D eigenvalue weighted by molar-refractivity contribution is 6.36. The van der Waals surface area contributed by atoms with Crippen LogP contribution in [-0.4, -0.2) is 6.03 Å². The van der Waals surface area contributed by atoms with E-state index in [1.807, 2.05) is 24.3 Å². The Morgan fingerprint density at radius 2 is 1.59 bits per heavy atom. The Bertz CT molecular complexity index is 676. The molecule has 3 nitrogen and oxygen atoms in total. The van der Waals surface area contributed by atoms with Crippen LogP contribution in [0.3, 0.4) is 0 Å². The predicted molar refractivity (Wildman–Crippen MR) is 94.2 cm³/mol. The fraction of sp³-hybridized carbons (Fsp3) is 0.235. The summed E-state index contributed by atoms with van der Waals surface area (Å²) in [6, 6.07) is 12.3. The van der Waals surface area contributed by atoms with Crippen molar-refractivity contribution in [3.05, 3.63) is 58.1 Å². The first-order valence-electron chi connectivity index (χ1n) is 6.89. The van der Waals surface area contributed by atoms with Gasteiger partial charge in [0.15, 0.2) is 0 Å². The normalized spacial score (nSPS) is 11.1. The summed E-state index contributed by atoms with van der Waals surface area (Å²) < 4.78 is 0. The van der Waals surface area contributed by atoms with Crippen molar-refractivity contribution in [3.63, 3.8) is 0 Å². The molecular weight excluding hydrogens is 319 g/mol. The summed E-state index contributed by atoms with van der Waals surface area (Å²) in [6.07, 6.45) is 0. The van der Waals surface area contributed by atoms with Crippen molar-refractivity contribution in [3.8, 4) is 0 Å². The van der Waals surface area contributed by atoms with Crippen LogP contribution in [0.4, 0.5) is 16.2 Å². The average Bonchev–Trinajstić information content (AvgIpc) is 2.41. The first-order valence-corrected chi connectivity index (χ1v) is 7.65. The molecule has 0 aromatic heterocycles. The van der Waals surface area contributed by atoms with E-state index in [9.17, 15) is 4.79 Å². The lowest BCUT2D eigenvalue weighted by molar-refractivity contribution is 0.262. The maximum atomic E-state index is 12.0. The Kier molecular flexibility index (Phi) is 4.99. The quantitative estimate of drug-likeness (QED) is 0.700. The second-order valence-electron chi connectivity index (χ2n) is 6.03. The zero-order chi connectivity index (χ0) is 16.3. The summed E-state index contributed by atoms with van der Waals surface area (Å²) in [5, 5.41) is 6.38. The number of anilines is 2. The zero-order valence-corrected chi connectivity index (χ0v) is 14.2. The molecule has 0 heterocycles. The molecule has 0 atom stereocenters. The van der Waals surface area contributed by atoms with Crippen LogP contribution in [0, 0.1) is 0 Å². The standard InChI is InChI=1S/C17H18Cl2N2O/c1-17(2,3)11-4-7-13(8-5-11)20-16(22)21-15-9-6-12(18)10-14(15)19/h4-10H,1-3H3,(H2,20,21,22). The number of halogens is 2. The minimum Gasteiger partial charge on any atom is -0.308 e. The lowest BCUT2D eigenvalue weighted by Crippen LogP contribution is -2.19. The molecule has 0 aliphatic heterocycles. The highest BCUT2D eigenvalue weighted by atomic mass is 35.5. The van der Waals surface area contributed by atoms with Crippen molar-refractivity contribution in [1.82, 2.24) is 0 Å². The van der Waals surface area contributed by atoms with Crippen LogP contribution in [0.1, 0.15) is 26.3 Å². The Labute approximate surface area is 140 Å². The second kappa shape index (κ2) is 6.59. The van der Waals surface area contributed by atoms with Crippen molar-refractivity contribution in [2.45, 2.75) is 26.2 Å². The molecule has 0 aliphatic rings. The Morgan fingerprint density at radius 1 is 0.955 bits per heavy atom. The number of amides is 2. The molecule has 0 unspecified atom stereocenters. The van der Waals surface area contributed by atoms with Gasteiger partial charge in [-0.3, -0.25) is 0 Å². The number of urea groups is 1. The van der Waals surface area contributed by atoms with Crippen LogP contribution in [-0.2, 0) is 5.41 Å². The Balaban J connectivity index is 2.03. The van der Waals surface area contributed by atoms with Gasteiger partial charge >= 0.3 is 6.03 Å². The van der Waals surface area contributed by atoms with Crippen LogP contribution in [0.25, 0.3) is 0 Å². The minimum absolute atomic E-state index is 0.0810. The number of benzene rings is 2. The second-order valence-corrected chi connectivity index (χ2v) is 6.87. The fourth-order valence-electron chi connectivity index (χ4n) is 1.93. The summed E-state index contributed by atoms with van der Waals surface area (Å²) >= 11 is 11.8. The van der Waals surface area contributed by atoms with Gasteiger partial charge in [-0.1, -0.05) is 56.1 Å². The first kappa shape index (κ1) is 16.7. The smallest absolute Gasteiger partial charge is 0.308 e. The van der Waals surface area contributed by atoms with Gasteiger partial charge in [-0.25, -0.2) is 4.79 Å². The third kappa shape index (κ3) is 4.39. The van der Waals surface area contributed by atoms with Crippen LogP contribution < -0.4 is 10.6 Å². The SMILES string of the molecule is CC(C)(C)c1ccc(NC(=O)Nc2ccc(Cl)cc2Cl)cc1. The molecule has 0 spiro atoms. The van der Waals surface area contributed by atoms with Gasteiger partial charge < -0.3 is 10.6 Å². The monoisotopic (exact) mass is 336 g/mol. The van der Waals surface area contributed by atoms with Gasteiger partial charge in [0.25, 0.3) is 0 Å². The molecule has 0 radical (unpaired) electrons. The molecule has 2 aromatic carbocycles. The summed E-state index contributed by atoms with van der Waals surface area (Å²) in [7, 11) is 0. The summed E-state index contributed by atoms with van der Waals surface area (Å²) in [4.78, 5) is 12.0. The van der Waals surface area contributed by atoms with Gasteiger partial charge in [0.05, 0.1) is 10.7 Å². The van der Waals surface area contributed by atoms with Gasteiger partial charge in [-0.05, 0) is 41.3 Å². The highest BCUT2D eigenvalue weighted by Gasteiger charge is 2.13. The molecule has 2 rings (SSSR count). The van der Waals surface area contributed by atoms with E-state index in [1.54, 1.807) is 18.2 Å². The lowest BCUT2D eigenvalue weighted by Gasteiger charge is -2.19. The van der Waals surface area contributed by atoms with E-state index >= 15 is 0 Å². The maximum absolute atomic E-state index is 12.0. The fourth-order valence-corrected chi connectivity index (χ4v) is 2.38. The van der Waals surface area contributed by atoms with Crippen molar-refractivity contribution < 1.29 is 4.79 Å². The molecule has 22 heavy (non-hydrogen) atoms. The topological polar surface area (TPSA) is 41.1 Å². The van der Waals surface area contributed by atoms with Gasteiger partial charge in [0, 0.05) is 10.7 Å². The number of carbonyl (C=O) groups excluding carboxylic acids is 1. The van der Waals surface area contributed by atoms with Crippen molar-refractivity contribution in [2.75, 3.05) is 10.6 Å². The van der Waals surface area contributed by atoms with E-state index in [0.29, 0.717) is 15.7 Å². The van der Waals surface area contributed by atoms with E-state index in [1.165, 1.54) is 5.56 Å². The molecule has 0 fully saturated rings. The largest absolute Gasteiger partial charge is 0.323 e. The van der Waals surface area contributed by atoms with E-state index in [-0.39, 0.29) is 11.4 Å². The third-order valence-corrected chi connectivity index (χ3v) is 3.74. The lowest BCUT2D eigenvalue weighted by atomic mass is 9.87. The average molecular weight is 337 g/mol. The first-order chi connectivity index (χ1) is 10.3. The molecule has 2 N–H and O–H groups in total. The van der Waals surface area contributed by atoms with Gasteiger partial charge in [-0.15, -0.1) is 0 Å². The highest BCUT2D eigenvalue weighted by Crippen LogP contribution is 2.26. The number of carbonyl (C=O) groups is 1. The Hall–Kier alpha value is -1.71. The van der Waals surface area contributed by atoms with E-state index in [4.69, 9.17) is 23.2 Å². The third-order valence-electron chi connectivity index (χ3n) is 3.19. The number of rotatable bonds is 2. The number of hydrogen-bond donors (Lipinski definition) is 2. The van der Waals surface area contributed by atoms with Crippen molar-refractivity contribution in [1.29, 1.82) is 0 Å². The zero-order valence-electron chi connectivity index (χ0n) is 12.7. The van der Waals surface area contributed by atoms with Crippen molar-refractivity contribution >= 4 is 40.6 Å². The summed E-state index contributed by atoms with van der Waals surface area (Å²) in [6.45, 7) is 6.43. The molecule has 2 aromatic rings. The van der Waals surface area contributed by atoms with E-state index in [0.717, 1.165) is 5.69 Å². The molecule has 0 saturated carbocycles. The van der Waals surface area contributed by atoms with Gasteiger partial charge in [0.1, 0.15) is 0 Å². The molecule has 2 amide bonds. The molecule has 5 heteroatoms. The molecule has 0 saturated heterocycles. The molecule has 116 valence electrons.